The van der Waals surface area contributed by atoms with Crippen LogP contribution in [0.5, 0.6) is 11.5 Å². The number of aromatic nitrogens is 4. The fraction of sp³-hybridized carbons (Fsp3) is 0.400. The van der Waals surface area contributed by atoms with Crippen LogP contribution in [0.1, 0.15) is 57.0 Å². The molecule has 1 aliphatic rings. The molecule has 2 unspecified atom stereocenters. The van der Waals surface area contributed by atoms with Gasteiger partial charge in [0, 0.05) is 12.1 Å². The zero-order valence-electron chi connectivity index (χ0n) is 31.8. The van der Waals surface area contributed by atoms with Gasteiger partial charge in [0.15, 0.2) is 23.9 Å². The van der Waals surface area contributed by atoms with Crippen LogP contribution >= 0.6 is 8.53 Å². The number of nitrogens with zero attached hydrogens (tertiary/aromatic N) is 6. The Balaban J connectivity index is 1.46. The normalized spacial score (nSPS) is 19.3. The fourth-order valence-electron chi connectivity index (χ4n) is 6.91. The van der Waals surface area contributed by atoms with Gasteiger partial charge in [-0.25, -0.2) is 24.0 Å². The summed E-state index contributed by atoms with van der Waals surface area (Å²) in [5, 5.41) is 9.32. The van der Waals surface area contributed by atoms with Crippen LogP contribution in [0.3, 0.4) is 0 Å². The highest BCUT2D eigenvalue weighted by atomic mass is 31.2. The van der Waals surface area contributed by atoms with Gasteiger partial charge < -0.3 is 33.7 Å². The van der Waals surface area contributed by atoms with Crippen LogP contribution in [0.4, 0.5) is 10.2 Å². The third kappa shape index (κ3) is 8.28. The van der Waals surface area contributed by atoms with Crippen molar-refractivity contribution in [3.05, 3.63) is 108 Å². The van der Waals surface area contributed by atoms with Crippen LogP contribution in [-0.2, 0) is 24.1 Å². The van der Waals surface area contributed by atoms with Gasteiger partial charge in [-0.3, -0.25) is 4.57 Å². The molecule has 0 amide bonds. The molecule has 5 aromatic rings. The SMILES string of the molecule is COc1ccc(C(OC[C@H]2O[C@@H](n3cnc4c(N)ncnc43)[C@@H](F)C2OP(OCCC#N)N(C(C)C)C(C)C)(c2ccccc2)c2ccc(OC)cc2)cc1. The van der Waals surface area contributed by atoms with Crippen molar-refractivity contribution < 1.29 is 32.4 Å². The standard InChI is InChI=1S/C40H47FN7O6P/c1-26(2)48(27(3)4)55(52-22-10-21-42)54-36-33(53-39(34(36)41)47-25-46-35-37(43)44-24-45-38(35)47)23-51-40(28-11-8-7-9-12-28,29-13-17-31(49-5)18-14-29)30-15-19-32(50-6)20-16-30/h7-9,11-20,24-27,33-34,36,39H,10,22-23H2,1-6H3,(H2,43,44,45)/t33-,34+,36?,39-,55?/m1/s1. The van der Waals surface area contributed by atoms with Crippen molar-refractivity contribution in [1.29, 1.82) is 5.26 Å². The predicted octanol–water partition coefficient (Wildman–Crippen LogP) is 7.33. The minimum Gasteiger partial charge on any atom is -0.497 e. The molecule has 5 atom stereocenters. The zero-order valence-corrected chi connectivity index (χ0v) is 32.7. The van der Waals surface area contributed by atoms with E-state index in [1.807, 2.05) is 111 Å². The molecule has 1 aliphatic heterocycles. The van der Waals surface area contributed by atoms with Crippen LogP contribution in [0.25, 0.3) is 11.2 Å². The van der Waals surface area contributed by atoms with E-state index in [-0.39, 0.29) is 37.5 Å². The monoisotopic (exact) mass is 771 g/mol. The molecular formula is C40H47FN7O6P. The van der Waals surface area contributed by atoms with E-state index in [1.54, 1.807) is 14.2 Å². The second kappa shape index (κ2) is 17.8. The minimum absolute atomic E-state index is 0.0211. The molecule has 0 aliphatic carbocycles. The molecule has 1 fully saturated rings. The largest absolute Gasteiger partial charge is 0.497 e. The average Bonchev–Trinajstić information content (AvgIpc) is 3.76. The first kappa shape index (κ1) is 39.9. The third-order valence-corrected chi connectivity index (χ3v) is 11.6. The van der Waals surface area contributed by atoms with Crippen LogP contribution in [0.2, 0.25) is 0 Å². The number of ether oxygens (including phenoxy) is 4. The first-order valence-electron chi connectivity index (χ1n) is 18.1. The summed E-state index contributed by atoms with van der Waals surface area (Å²) >= 11 is 0. The van der Waals surface area contributed by atoms with Crippen molar-refractivity contribution in [3.63, 3.8) is 0 Å². The Morgan fingerprint density at radius 1 is 0.909 bits per heavy atom. The molecule has 3 aromatic carbocycles. The van der Waals surface area contributed by atoms with Gasteiger partial charge in [-0.15, -0.1) is 0 Å². The number of fused-ring (bicyclic) bond motifs is 1. The van der Waals surface area contributed by atoms with Crippen LogP contribution < -0.4 is 15.2 Å². The number of imidazole rings is 1. The van der Waals surface area contributed by atoms with Gasteiger partial charge in [-0.1, -0.05) is 54.6 Å². The molecule has 1 saturated heterocycles. The smallest absolute Gasteiger partial charge is 0.259 e. The number of halogens is 1. The number of nitriles is 1. The second-order valence-corrected chi connectivity index (χ2v) is 14.9. The average molecular weight is 772 g/mol. The number of methoxy groups -OCH3 is 2. The Morgan fingerprint density at radius 3 is 2.07 bits per heavy atom. The first-order chi connectivity index (χ1) is 26.6. The van der Waals surface area contributed by atoms with Crippen molar-refractivity contribution in [2.24, 2.45) is 0 Å². The maximum atomic E-state index is 17.3. The topological polar surface area (TPSA) is 152 Å². The van der Waals surface area contributed by atoms with Crippen molar-refractivity contribution in [3.8, 4) is 17.6 Å². The summed E-state index contributed by atoms with van der Waals surface area (Å²) < 4.78 is 58.6. The fourth-order valence-corrected chi connectivity index (χ4v) is 8.68. The number of rotatable bonds is 17. The van der Waals surface area contributed by atoms with E-state index in [1.165, 1.54) is 17.2 Å². The van der Waals surface area contributed by atoms with Crippen molar-refractivity contribution in [2.75, 3.05) is 33.2 Å². The minimum atomic E-state index is -1.87. The summed E-state index contributed by atoms with van der Waals surface area (Å²) in [5.74, 6) is 1.52. The number of nitrogen functional groups attached to an aromatic ring is 1. The zero-order chi connectivity index (χ0) is 39.1. The highest BCUT2D eigenvalue weighted by Crippen LogP contribution is 2.51. The van der Waals surface area contributed by atoms with E-state index < -0.39 is 38.7 Å². The Bertz CT molecular complexity index is 1970. The van der Waals surface area contributed by atoms with E-state index in [2.05, 4.69) is 21.0 Å². The van der Waals surface area contributed by atoms with Crippen molar-refractivity contribution in [1.82, 2.24) is 24.2 Å². The van der Waals surface area contributed by atoms with E-state index in [0.29, 0.717) is 22.7 Å². The molecule has 6 rings (SSSR count). The number of hydrogen-bond acceptors (Lipinski definition) is 12. The molecule has 2 N–H and O–H groups in total. The molecule has 55 heavy (non-hydrogen) atoms. The lowest BCUT2D eigenvalue weighted by atomic mass is 9.80. The van der Waals surface area contributed by atoms with Gasteiger partial charge in [-0.2, -0.15) is 5.26 Å². The molecule has 15 heteroatoms. The van der Waals surface area contributed by atoms with Crippen molar-refractivity contribution in [2.45, 2.75) is 76.4 Å². The molecule has 0 radical (unpaired) electrons. The molecule has 290 valence electrons. The van der Waals surface area contributed by atoms with Gasteiger partial charge in [0.2, 0.25) is 0 Å². The quantitative estimate of drug-likeness (QED) is 0.0572. The Labute approximate surface area is 322 Å². The number of hydrogen-bond donors (Lipinski definition) is 1. The summed E-state index contributed by atoms with van der Waals surface area (Å²) in [6.07, 6.45) is -2.22. The summed E-state index contributed by atoms with van der Waals surface area (Å²) in [6.45, 7) is 8.08. The Morgan fingerprint density at radius 2 is 1.51 bits per heavy atom. The Kier molecular flexibility index (Phi) is 12.9. The lowest BCUT2D eigenvalue weighted by Gasteiger charge is -2.39. The summed E-state index contributed by atoms with van der Waals surface area (Å²) in [4.78, 5) is 12.8. The third-order valence-electron chi connectivity index (χ3n) is 9.44. The van der Waals surface area contributed by atoms with Gasteiger partial charge >= 0.3 is 0 Å². The number of nitrogens with two attached hydrogens (primary N) is 1. The number of anilines is 1. The highest BCUT2D eigenvalue weighted by molar-refractivity contribution is 7.44. The highest BCUT2D eigenvalue weighted by Gasteiger charge is 2.51. The van der Waals surface area contributed by atoms with E-state index in [4.69, 9.17) is 33.7 Å². The van der Waals surface area contributed by atoms with E-state index in [0.717, 1.165) is 16.7 Å². The maximum absolute atomic E-state index is 17.3. The molecular weight excluding hydrogens is 724 g/mol. The van der Waals surface area contributed by atoms with Gasteiger partial charge in [0.25, 0.3) is 8.53 Å². The lowest BCUT2D eigenvalue weighted by Crippen LogP contribution is -2.41. The molecule has 2 aromatic heterocycles. The summed E-state index contributed by atoms with van der Waals surface area (Å²) in [5.41, 5.74) is 7.96. The molecule has 0 bridgehead atoms. The van der Waals surface area contributed by atoms with E-state index in [9.17, 15) is 5.26 Å². The Hall–Kier alpha value is -4.74. The molecule has 0 saturated carbocycles. The van der Waals surface area contributed by atoms with Crippen molar-refractivity contribution >= 4 is 25.5 Å². The summed E-state index contributed by atoms with van der Waals surface area (Å²) in [7, 11) is 1.36. The van der Waals surface area contributed by atoms with Gasteiger partial charge in [0.1, 0.15) is 41.2 Å². The van der Waals surface area contributed by atoms with Gasteiger partial charge in [-0.05, 0) is 68.7 Å². The molecule has 0 spiro atoms. The maximum Gasteiger partial charge on any atom is 0.259 e. The van der Waals surface area contributed by atoms with Crippen LogP contribution in [0.15, 0.2) is 91.5 Å². The van der Waals surface area contributed by atoms with Crippen LogP contribution in [0, 0.1) is 11.3 Å². The predicted molar refractivity (Wildman–Crippen MR) is 207 cm³/mol. The number of benzene rings is 3. The first-order valence-corrected chi connectivity index (χ1v) is 19.2. The molecule has 13 nitrogen and oxygen atoms in total. The second-order valence-electron chi connectivity index (χ2n) is 13.5. The lowest BCUT2D eigenvalue weighted by molar-refractivity contribution is -0.0919. The van der Waals surface area contributed by atoms with Crippen LogP contribution in [-0.4, -0.2) is 82.1 Å². The molecule has 3 heterocycles. The number of alkyl halides is 1. The van der Waals surface area contributed by atoms with Gasteiger partial charge in [0.05, 0.1) is 46.3 Å². The summed E-state index contributed by atoms with van der Waals surface area (Å²) in [6, 6.07) is 27.2. The van der Waals surface area contributed by atoms with E-state index >= 15 is 4.39 Å².